The average Bonchev–Trinajstić information content (AvgIpc) is 2.33. The van der Waals surface area contributed by atoms with Gasteiger partial charge in [0.15, 0.2) is 0 Å². The molecule has 1 aromatic rings. The zero-order chi connectivity index (χ0) is 12.4. The van der Waals surface area contributed by atoms with Crippen molar-refractivity contribution in [3.63, 3.8) is 0 Å². The molecule has 92 valence electrons. The van der Waals surface area contributed by atoms with Gasteiger partial charge in [-0.1, -0.05) is 23.7 Å². The molecule has 1 N–H and O–H groups in total. The molecule has 0 aliphatic heterocycles. The third-order valence-electron chi connectivity index (χ3n) is 3.50. The molecule has 0 atom stereocenters. The van der Waals surface area contributed by atoms with E-state index in [0.717, 1.165) is 18.4 Å². The van der Waals surface area contributed by atoms with Gasteiger partial charge in [-0.3, -0.25) is 4.79 Å². The molecule has 0 saturated heterocycles. The number of halogens is 2. The Morgan fingerprint density at radius 3 is 2.53 bits per heavy atom. The molecule has 0 spiro atoms. The summed E-state index contributed by atoms with van der Waals surface area (Å²) in [6, 6.07) is 4.83. The van der Waals surface area contributed by atoms with Crippen molar-refractivity contribution >= 4 is 17.6 Å². The minimum Gasteiger partial charge on any atom is -0.481 e. The van der Waals surface area contributed by atoms with E-state index in [0.29, 0.717) is 12.8 Å². The molecule has 4 heteroatoms. The molecule has 0 unspecified atom stereocenters. The summed E-state index contributed by atoms with van der Waals surface area (Å²) in [6.07, 6.45) is 2.82. The minimum absolute atomic E-state index is 0.186. The molecule has 0 amide bonds. The molecule has 2 rings (SSSR count). The van der Waals surface area contributed by atoms with Crippen LogP contribution < -0.4 is 0 Å². The van der Waals surface area contributed by atoms with E-state index >= 15 is 0 Å². The maximum absolute atomic E-state index is 13.3. The second-order valence-electron chi connectivity index (χ2n) is 4.53. The number of carbonyl (C=O) groups is 1. The summed E-state index contributed by atoms with van der Waals surface area (Å²) in [6.45, 7) is 0. The van der Waals surface area contributed by atoms with E-state index in [-0.39, 0.29) is 16.9 Å². The Morgan fingerprint density at radius 1 is 1.29 bits per heavy atom. The van der Waals surface area contributed by atoms with Crippen molar-refractivity contribution in [1.82, 2.24) is 0 Å². The molecule has 1 saturated carbocycles. The molecular weight excluding hydrogens is 243 g/mol. The van der Waals surface area contributed by atoms with Gasteiger partial charge in [-0.25, -0.2) is 4.39 Å². The van der Waals surface area contributed by atoms with Crippen LogP contribution in [-0.4, -0.2) is 11.1 Å². The Labute approximate surface area is 104 Å². The van der Waals surface area contributed by atoms with Gasteiger partial charge in [-0.05, 0) is 43.2 Å². The molecule has 0 radical (unpaired) electrons. The predicted octanol–water partition coefficient (Wildman–Crippen LogP) is 3.84. The van der Waals surface area contributed by atoms with Crippen molar-refractivity contribution in [2.24, 2.45) is 5.92 Å². The highest BCUT2D eigenvalue weighted by atomic mass is 35.5. The lowest BCUT2D eigenvalue weighted by Gasteiger charge is -2.27. The van der Waals surface area contributed by atoms with Gasteiger partial charge in [0.2, 0.25) is 0 Å². The fourth-order valence-corrected chi connectivity index (χ4v) is 2.77. The second-order valence-corrected chi connectivity index (χ2v) is 4.91. The second kappa shape index (κ2) is 5.05. The van der Waals surface area contributed by atoms with E-state index in [4.69, 9.17) is 16.7 Å². The first-order valence-electron chi connectivity index (χ1n) is 5.76. The Balaban J connectivity index is 2.10. The van der Waals surface area contributed by atoms with E-state index < -0.39 is 11.8 Å². The van der Waals surface area contributed by atoms with Gasteiger partial charge < -0.3 is 5.11 Å². The quantitative estimate of drug-likeness (QED) is 0.873. The molecule has 0 bridgehead atoms. The van der Waals surface area contributed by atoms with Gasteiger partial charge in [-0.2, -0.15) is 0 Å². The first-order chi connectivity index (χ1) is 8.09. The van der Waals surface area contributed by atoms with Crippen LogP contribution >= 0.6 is 11.6 Å². The lowest BCUT2D eigenvalue weighted by Crippen LogP contribution is -2.20. The monoisotopic (exact) mass is 256 g/mol. The summed E-state index contributed by atoms with van der Waals surface area (Å²) in [7, 11) is 0. The summed E-state index contributed by atoms with van der Waals surface area (Å²) in [5.41, 5.74) is 0.815. The first-order valence-corrected chi connectivity index (χ1v) is 6.14. The third-order valence-corrected chi connectivity index (χ3v) is 3.90. The van der Waals surface area contributed by atoms with Crippen LogP contribution in [0.4, 0.5) is 4.39 Å². The number of carboxylic acid groups (broad SMARTS) is 1. The molecule has 2 nitrogen and oxygen atoms in total. The van der Waals surface area contributed by atoms with Gasteiger partial charge in [0, 0.05) is 0 Å². The molecule has 0 aromatic heterocycles. The van der Waals surface area contributed by atoms with Crippen molar-refractivity contribution in [3.8, 4) is 0 Å². The molecule has 1 aliphatic carbocycles. The Hall–Kier alpha value is -1.09. The van der Waals surface area contributed by atoms with E-state index in [1.165, 1.54) is 6.07 Å². The van der Waals surface area contributed by atoms with E-state index in [1.807, 2.05) is 6.07 Å². The van der Waals surface area contributed by atoms with Gasteiger partial charge in [-0.15, -0.1) is 0 Å². The van der Waals surface area contributed by atoms with Crippen molar-refractivity contribution in [1.29, 1.82) is 0 Å². The fourth-order valence-electron chi connectivity index (χ4n) is 2.49. The van der Waals surface area contributed by atoms with Gasteiger partial charge in [0.25, 0.3) is 0 Å². The van der Waals surface area contributed by atoms with Crippen LogP contribution in [0.25, 0.3) is 0 Å². The summed E-state index contributed by atoms with van der Waals surface area (Å²) in [5, 5.41) is 9.09. The highest BCUT2D eigenvalue weighted by Gasteiger charge is 2.28. The van der Waals surface area contributed by atoms with Crippen molar-refractivity contribution in [2.75, 3.05) is 0 Å². The SMILES string of the molecule is O=C(O)[C@H]1CC[C@H](c2cccc(F)c2Cl)CC1. The molecule has 1 aliphatic rings. The Kier molecular flexibility index (Phi) is 3.67. The number of hydrogen-bond acceptors (Lipinski definition) is 1. The highest BCUT2D eigenvalue weighted by molar-refractivity contribution is 6.31. The van der Waals surface area contributed by atoms with Crippen LogP contribution in [0.1, 0.15) is 37.2 Å². The lowest BCUT2D eigenvalue weighted by molar-refractivity contribution is -0.142. The maximum atomic E-state index is 13.3. The normalized spacial score (nSPS) is 24.6. The number of hydrogen-bond donors (Lipinski definition) is 1. The summed E-state index contributed by atoms with van der Waals surface area (Å²) >= 11 is 5.93. The van der Waals surface area contributed by atoms with Crippen molar-refractivity contribution in [3.05, 3.63) is 34.6 Å². The predicted molar refractivity (Wildman–Crippen MR) is 63.7 cm³/mol. The zero-order valence-corrected chi connectivity index (χ0v) is 10.1. The van der Waals surface area contributed by atoms with Crippen molar-refractivity contribution in [2.45, 2.75) is 31.6 Å². The number of benzene rings is 1. The largest absolute Gasteiger partial charge is 0.481 e. The Bertz CT molecular complexity index is 425. The molecule has 17 heavy (non-hydrogen) atoms. The number of aliphatic carboxylic acids is 1. The van der Waals surface area contributed by atoms with Crippen molar-refractivity contribution < 1.29 is 14.3 Å². The van der Waals surface area contributed by atoms with Crippen LogP contribution in [0.2, 0.25) is 5.02 Å². The van der Waals surface area contributed by atoms with Gasteiger partial charge >= 0.3 is 5.97 Å². The van der Waals surface area contributed by atoms with Crippen LogP contribution in [0, 0.1) is 11.7 Å². The minimum atomic E-state index is -0.728. The summed E-state index contributed by atoms with van der Waals surface area (Å²) in [4.78, 5) is 10.8. The van der Waals surface area contributed by atoms with Gasteiger partial charge in [0.1, 0.15) is 5.82 Å². The van der Waals surface area contributed by atoms with Crippen LogP contribution in [0.15, 0.2) is 18.2 Å². The van der Waals surface area contributed by atoms with Gasteiger partial charge in [0.05, 0.1) is 10.9 Å². The van der Waals surface area contributed by atoms with Crippen LogP contribution in [0.5, 0.6) is 0 Å². The molecule has 1 aromatic carbocycles. The van der Waals surface area contributed by atoms with E-state index in [2.05, 4.69) is 0 Å². The molecule has 0 heterocycles. The third kappa shape index (κ3) is 2.60. The number of carboxylic acids is 1. The standard InChI is InChI=1S/C13H14ClFO2/c14-12-10(2-1-3-11(12)15)8-4-6-9(7-5-8)13(16)17/h1-3,8-9H,4-7H2,(H,16,17)/t8-,9-. The maximum Gasteiger partial charge on any atom is 0.306 e. The molecule has 1 fully saturated rings. The molecular formula is C13H14ClFO2. The van der Waals surface area contributed by atoms with Crippen LogP contribution in [0.3, 0.4) is 0 Å². The van der Waals surface area contributed by atoms with E-state index in [1.54, 1.807) is 6.07 Å². The lowest BCUT2D eigenvalue weighted by atomic mass is 9.79. The number of rotatable bonds is 2. The highest BCUT2D eigenvalue weighted by Crippen LogP contribution is 2.39. The van der Waals surface area contributed by atoms with Crippen LogP contribution in [-0.2, 0) is 4.79 Å². The smallest absolute Gasteiger partial charge is 0.306 e. The first kappa shape index (κ1) is 12.4. The summed E-state index contributed by atoms with van der Waals surface area (Å²) < 4.78 is 13.3. The average molecular weight is 257 g/mol. The van der Waals surface area contributed by atoms with E-state index in [9.17, 15) is 9.18 Å². The Morgan fingerprint density at radius 2 is 1.94 bits per heavy atom. The topological polar surface area (TPSA) is 37.3 Å². The summed E-state index contributed by atoms with van der Waals surface area (Å²) in [5.74, 6) is -1.19. The fraction of sp³-hybridized carbons (Fsp3) is 0.462. The zero-order valence-electron chi connectivity index (χ0n) is 9.33.